The number of hydrogen-bond acceptors (Lipinski definition) is 3. The highest BCUT2D eigenvalue weighted by Crippen LogP contribution is 2.30. The molecule has 2 amide bonds. The van der Waals surface area contributed by atoms with Gasteiger partial charge in [-0.1, -0.05) is 0 Å². The van der Waals surface area contributed by atoms with E-state index >= 15 is 0 Å². The number of rotatable bonds is 4. The molecule has 0 aromatic heterocycles. The largest absolute Gasteiger partial charge is 0.366 e. The van der Waals surface area contributed by atoms with Crippen LogP contribution in [0.4, 0.5) is 20.2 Å². The van der Waals surface area contributed by atoms with E-state index in [9.17, 15) is 18.4 Å². The van der Waals surface area contributed by atoms with Crippen LogP contribution in [-0.4, -0.2) is 24.9 Å². The Labute approximate surface area is 143 Å². The van der Waals surface area contributed by atoms with Crippen LogP contribution in [0.3, 0.4) is 0 Å². The highest BCUT2D eigenvalue weighted by atomic mass is 19.1. The van der Waals surface area contributed by atoms with Crippen LogP contribution >= 0.6 is 0 Å². The molecule has 0 radical (unpaired) electrons. The maximum Gasteiger partial charge on any atom is 0.248 e. The molecule has 0 unspecified atom stereocenters. The summed E-state index contributed by atoms with van der Waals surface area (Å²) in [6, 6.07) is 8.30. The third-order valence-corrected chi connectivity index (χ3v) is 4.09. The molecular formula is C18H17F2N3O2. The van der Waals surface area contributed by atoms with Gasteiger partial charge in [0, 0.05) is 23.9 Å². The molecule has 0 saturated heterocycles. The van der Waals surface area contributed by atoms with Gasteiger partial charge in [0.2, 0.25) is 11.8 Å². The maximum atomic E-state index is 14.1. The minimum absolute atomic E-state index is 0.0485. The summed E-state index contributed by atoms with van der Waals surface area (Å²) in [5, 5.41) is 2.69. The Morgan fingerprint density at radius 1 is 1.16 bits per heavy atom. The first-order chi connectivity index (χ1) is 11.9. The van der Waals surface area contributed by atoms with E-state index < -0.39 is 17.5 Å². The Balaban J connectivity index is 1.71. The lowest BCUT2D eigenvalue weighted by Crippen LogP contribution is -2.37. The van der Waals surface area contributed by atoms with Crippen molar-refractivity contribution in [2.45, 2.75) is 12.8 Å². The SMILES string of the molecule is NC(=O)c1ccc(NC(=O)CN2CCCc3cc(F)cc(F)c32)cc1. The molecule has 0 atom stereocenters. The fraction of sp³-hybridized carbons (Fsp3) is 0.222. The van der Waals surface area contributed by atoms with Gasteiger partial charge in [0.15, 0.2) is 0 Å². The van der Waals surface area contributed by atoms with Gasteiger partial charge >= 0.3 is 0 Å². The van der Waals surface area contributed by atoms with Gasteiger partial charge in [-0.25, -0.2) is 8.78 Å². The van der Waals surface area contributed by atoms with E-state index in [1.165, 1.54) is 18.2 Å². The molecule has 0 spiro atoms. The first-order valence-corrected chi connectivity index (χ1v) is 7.86. The van der Waals surface area contributed by atoms with Crippen LogP contribution in [-0.2, 0) is 11.2 Å². The summed E-state index contributed by atoms with van der Waals surface area (Å²) < 4.78 is 27.5. The number of fused-ring (bicyclic) bond motifs is 1. The molecule has 25 heavy (non-hydrogen) atoms. The second-order valence-corrected chi connectivity index (χ2v) is 5.91. The number of nitrogens with zero attached hydrogens (tertiary/aromatic N) is 1. The quantitative estimate of drug-likeness (QED) is 0.894. The van der Waals surface area contributed by atoms with Crippen molar-refractivity contribution in [1.29, 1.82) is 0 Å². The van der Waals surface area contributed by atoms with Crippen LogP contribution in [0.2, 0.25) is 0 Å². The van der Waals surface area contributed by atoms with Crippen LogP contribution in [0.15, 0.2) is 36.4 Å². The normalized spacial score (nSPS) is 13.3. The molecule has 1 aliphatic rings. The number of nitrogens with two attached hydrogens (primary N) is 1. The highest BCUT2D eigenvalue weighted by molar-refractivity contribution is 5.96. The molecule has 3 N–H and O–H groups in total. The van der Waals surface area contributed by atoms with E-state index in [-0.39, 0.29) is 18.1 Å². The highest BCUT2D eigenvalue weighted by Gasteiger charge is 2.23. The predicted molar refractivity (Wildman–Crippen MR) is 90.5 cm³/mol. The topological polar surface area (TPSA) is 75.4 Å². The van der Waals surface area contributed by atoms with Crippen molar-refractivity contribution in [2.75, 3.05) is 23.3 Å². The Bertz CT molecular complexity index is 822. The number of halogens is 2. The number of nitrogens with one attached hydrogen (secondary N) is 1. The summed E-state index contributed by atoms with van der Waals surface area (Å²) >= 11 is 0. The average Bonchev–Trinajstić information content (AvgIpc) is 2.54. The number of hydrogen-bond donors (Lipinski definition) is 2. The minimum atomic E-state index is -0.659. The third kappa shape index (κ3) is 3.76. The van der Waals surface area contributed by atoms with Crippen molar-refractivity contribution in [3.8, 4) is 0 Å². The first-order valence-electron chi connectivity index (χ1n) is 7.86. The molecule has 0 saturated carbocycles. The van der Waals surface area contributed by atoms with E-state index in [4.69, 9.17) is 5.73 Å². The monoisotopic (exact) mass is 345 g/mol. The molecule has 7 heteroatoms. The van der Waals surface area contributed by atoms with Crippen LogP contribution in [0.5, 0.6) is 0 Å². The number of anilines is 2. The number of carbonyl (C=O) groups excluding carboxylic acids is 2. The lowest BCUT2D eigenvalue weighted by molar-refractivity contribution is -0.115. The Morgan fingerprint density at radius 3 is 2.56 bits per heavy atom. The molecule has 3 rings (SSSR count). The van der Waals surface area contributed by atoms with Gasteiger partial charge in [-0.3, -0.25) is 9.59 Å². The zero-order valence-corrected chi connectivity index (χ0v) is 13.4. The Hall–Kier alpha value is -2.96. The van der Waals surface area contributed by atoms with Gasteiger partial charge in [-0.2, -0.15) is 0 Å². The van der Waals surface area contributed by atoms with E-state index in [0.717, 1.165) is 12.5 Å². The minimum Gasteiger partial charge on any atom is -0.366 e. The molecule has 5 nitrogen and oxygen atoms in total. The van der Waals surface area contributed by atoms with Crippen molar-refractivity contribution < 1.29 is 18.4 Å². The van der Waals surface area contributed by atoms with Gasteiger partial charge in [-0.15, -0.1) is 0 Å². The second kappa shape index (κ2) is 6.88. The third-order valence-electron chi connectivity index (χ3n) is 4.09. The molecule has 0 fully saturated rings. The maximum absolute atomic E-state index is 14.1. The summed E-state index contributed by atoms with van der Waals surface area (Å²) in [6.07, 6.45) is 1.30. The average molecular weight is 345 g/mol. The van der Waals surface area contributed by atoms with Gasteiger partial charge in [0.1, 0.15) is 11.6 Å². The summed E-state index contributed by atoms with van der Waals surface area (Å²) in [7, 11) is 0. The molecule has 0 bridgehead atoms. The van der Waals surface area contributed by atoms with Crippen molar-refractivity contribution in [3.05, 3.63) is 59.2 Å². The van der Waals surface area contributed by atoms with Crippen LogP contribution in [0.1, 0.15) is 22.3 Å². The number of benzene rings is 2. The van der Waals surface area contributed by atoms with Crippen LogP contribution < -0.4 is 16.0 Å². The second-order valence-electron chi connectivity index (χ2n) is 5.91. The fourth-order valence-electron chi connectivity index (χ4n) is 2.99. The number of primary amides is 1. The van der Waals surface area contributed by atoms with Gasteiger partial charge < -0.3 is 16.0 Å². The van der Waals surface area contributed by atoms with Crippen molar-refractivity contribution in [3.63, 3.8) is 0 Å². The summed E-state index contributed by atoms with van der Waals surface area (Å²) in [6.45, 7) is 0.469. The number of aryl methyl sites for hydroxylation is 1. The zero-order chi connectivity index (χ0) is 18.0. The van der Waals surface area contributed by atoms with Gasteiger partial charge in [0.05, 0.1) is 12.2 Å². The first kappa shape index (κ1) is 16.9. The van der Waals surface area contributed by atoms with Gasteiger partial charge in [0.25, 0.3) is 0 Å². The van der Waals surface area contributed by atoms with Gasteiger partial charge in [-0.05, 0) is 48.7 Å². The van der Waals surface area contributed by atoms with E-state index in [2.05, 4.69) is 5.32 Å². The standard InChI is InChI=1S/C18H17F2N3O2/c19-13-8-12-2-1-7-23(17(12)15(20)9-13)10-16(24)22-14-5-3-11(4-6-14)18(21)25/h3-6,8-9H,1-2,7,10H2,(H2,21,25)(H,22,24). The fourth-order valence-corrected chi connectivity index (χ4v) is 2.99. The van der Waals surface area contributed by atoms with E-state index in [1.54, 1.807) is 17.0 Å². The van der Waals surface area contributed by atoms with E-state index in [1.807, 2.05) is 0 Å². The van der Waals surface area contributed by atoms with Crippen molar-refractivity contribution in [1.82, 2.24) is 0 Å². The van der Waals surface area contributed by atoms with Crippen molar-refractivity contribution >= 4 is 23.2 Å². The lowest BCUT2D eigenvalue weighted by Gasteiger charge is -2.31. The molecule has 1 heterocycles. The molecule has 2 aromatic carbocycles. The van der Waals surface area contributed by atoms with E-state index in [0.29, 0.717) is 29.8 Å². The summed E-state index contributed by atoms with van der Waals surface area (Å²) in [5.74, 6) is -2.15. The van der Waals surface area contributed by atoms with Crippen LogP contribution in [0.25, 0.3) is 0 Å². The molecular weight excluding hydrogens is 328 g/mol. The Morgan fingerprint density at radius 2 is 1.88 bits per heavy atom. The molecule has 1 aliphatic heterocycles. The molecule has 0 aliphatic carbocycles. The number of amides is 2. The predicted octanol–water partition coefficient (Wildman–Crippen LogP) is 2.46. The smallest absolute Gasteiger partial charge is 0.248 e. The summed E-state index contributed by atoms with van der Waals surface area (Å²) in [5.41, 5.74) is 6.87. The molecule has 2 aromatic rings. The summed E-state index contributed by atoms with van der Waals surface area (Å²) in [4.78, 5) is 24.9. The molecule has 130 valence electrons. The zero-order valence-electron chi connectivity index (χ0n) is 13.4. The van der Waals surface area contributed by atoms with Crippen LogP contribution in [0, 0.1) is 11.6 Å². The number of carbonyl (C=O) groups is 2. The Kier molecular flexibility index (Phi) is 4.65. The lowest BCUT2D eigenvalue weighted by atomic mass is 10.0. The van der Waals surface area contributed by atoms with Crippen molar-refractivity contribution in [2.24, 2.45) is 5.73 Å².